The summed E-state index contributed by atoms with van der Waals surface area (Å²) in [6.07, 6.45) is 1.41. The van der Waals surface area contributed by atoms with Gasteiger partial charge in [-0.3, -0.25) is 4.79 Å². The van der Waals surface area contributed by atoms with Crippen molar-refractivity contribution in [3.63, 3.8) is 0 Å². The van der Waals surface area contributed by atoms with Crippen LogP contribution < -0.4 is 10.3 Å². The summed E-state index contributed by atoms with van der Waals surface area (Å²) in [5, 5.41) is 15.1. The van der Waals surface area contributed by atoms with Gasteiger partial charge in [-0.15, -0.1) is 0 Å². The second-order valence-corrected chi connectivity index (χ2v) is 7.69. The van der Waals surface area contributed by atoms with Crippen LogP contribution in [-0.2, 0) is 0 Å². The van der Waals surface area contributed by atoms with E-state index in [1.54, 1.807) is 30.3 Å². The molecule has 7 heteroatoms. The molecule has 0 spiro atoms. The molecule has 3 aromatic carbocycles. The zero-order valence-corrected chi connectivity index (χ0v) is 19.0. The number of aromatic nitrogens is 1. The van der Waals surface area contributed by atoms with Crippen LogP contribution in [-0.4, -0.2) is 35.3 Å². The topological polar surface area (TPSA) is 77.8 Å². The number of para-hydroxylation sites is 1. The van der Waals surface area contributed by atoms with Gasteiger partial charge >= 0.3 is 0 Å². The summed E-state index contributed by atoms with van der Waals surface area (Å²) < 4.78 is 13.3. The van der Waals surface area contributed by atoms with E-state index in [9.17, 15) is 14.3 Å². The van der Waals surface area contributed by atoms with Gasteiger partial charge < -0.3 is 10.0 Å². The van der Waals surface area contributed by atoms with E-state index in [1.807, 2.05) is 30.3 Å². The molecule has 2 N–H and O–H groups in total. The summed E-state index contributed by atoms with van der Waals surface area (Å²) in [6, 6.07) is 20.3. The number of phenols is 1. The summed E-state index contributed by atoms with van der Waals surface area (Å²) in [5.41, 5.74) is 6.23. The first-order valence-electron chi connectivity index (χ1n) is 11.1. The van der Waals surface area contributed by atoms with E-state index in [4.69, 9.17) is 0 Å². The van der Waals surface area contributed by atoms with Crippen LogP contribution in [0.1, 0.15) is 29.8 Å². The minimum atomic E-state index is -0.419. The summed E-state index contributed by atoms with van der Waals surface area (Å²) in [5.74, 6) is -0.682. The average Bonchev–Trinajstić information content (AvgIpc) is 2.85. The Bertz CT molecular complexity index is 1350. The fourth-order valence-electron chi connectivity index (χ4n) is 3.78. The molecule has 1 heterocycles. The molecule has 0 aliphatic carbocycles. The number of hydrogen-bond donors (Lipinski definition) is 2. The van der Waals surface area contributed by atoms with Gasteiger partial charge in [0.15, 0.2) is 0 Å². The lowest BCUT2D eigenvalue weighted by Gasteiger charge is -2.21. The number of nitrogens with zero attached hydrogens (tertiary/aromatic N) is 3. The van der Waals surface area contributed by atoms with E-state index >= 15 is 0 Å². The second kappa shape index (κ2) is 10.1. The first-order valence-corrected chi connectivity index (χ1v) is 11.1. The highest BCUT2D eigenvalue weighted by Crippen LogP contribution is 2.26. The monoisotopic (exact) mass is 456 g/mol. The molecule has 0 radical (unpaired) electrons. The van der Waals surface area contributed by atoms with Gasteiger partial charge in [0, 0.05) is 41.4 Å². The fourth-order valence-corrected chi connectivity index (χ4v) is 3.78. The molecule has 1 aromatic heterocycles. The van der Waals surface area contributed by atoms with Crippen molar-refractivity contribution in [2.24, 2.45) is 5.10 Å². The number of amides is 1. The Morgan fingerprint density at radius 1 is 1.06 bits per heavy atom. The third-order valence-electron chi connectivity index (χ3n) is 5.61. The molecule has 6 nitrogen and oxygen atoms in total. The number of halogens is 1. The number of benzene rings is 3. The van der Waals surface area contributed by atoms with Crippen LogP contribution in [0, 0.1) is 5.82 Å². The van der Waals surface area contributed by atoms with Gasteiger partial charge in [-0.2, -0.15) is 5.10 Å². The largest absolute Gasteiger partial charge is 0.507 e. The zero-order chi connectivity index (χ0) is 24.1. The number of phenolic OH excluding ortho intramolecular Hbond substituents is 1. The standard InChI is InChI=1S/C27H25FN4O2/c1-3-32(4-2)21-14-11-19(26(33)15-21)17-29-31-27(34)23-16-25(18-9-12-20(28)13-10-18)30-24-8-6-5-7-22(23)24/h5-17,33H,3-4H2,1-2H3,(H,31,34)/b29-17+. The Balaban J connectivity index is 1.59. The normalized spacial score (nSPS) is 11.1. The van der Waals surface area contributed by atoms with Crippen LogP contribution in [0.3, 0.4) is 0 Å². The van der Waals surface area contributed by atoms with Crippen LogP contribution >= 0.6 is 0 Å². The molecule has 1 amide bonds. The minimum absolute atomic E-state index is 0.0790. The minimum Gasteiger partial charge on any atom is -0.507 e. The highest BCUT2D eigenvalue weighted by molar-refractivity contribution is 6.07. The van der Waals surface area contributed by atoms with Crippen LogP contribution in [0.15, 0.2) is 77.9 Å². The lowest BCUT2D eigenvalue weighted by atomic mass is 10.0. The molecule has 4 aromatic rings. The molecular formula is C27H25FN4O2. The number of anilines is 1. The van der Waals surface area contributed by atoms with Crippen LogP contribution in [0.5, 0.6) is 5.75 Å². The molecule has 0 fully saturated rings. The average molecular weight is 457 g/mol. The second-order valence-electron chi connectivity index (χ2n) is 7.69. The number of carbonyl (C=O) groups is 1. The Labute approximate surface area is 197 Å². The first kappa shape index (κ1) is 22.9. The van der Waals surface area contributed by atoms with E-state index in [2.05, 4.69) is 34.3 Å². The van der Waals surface area contributed by atoms with Gasteiger partial charge in [-0.25, -0.2) is 14.8 Å². The summed E-state index contributed by atoms with van der Waals surface area (Å²) in [7, 11) is 0. The van der Waals surface area contributed by atoms with Gasteiger partial charge in [-0.1, -0.05) is 18.2 Å². The van der Waals surface area contributed by atoms with Gasteiger partial charge in [0.25, 0.3) is 5.91 Å². The third kappa shape index (κ3) is 4.88. The van der Waals surface area contributed by atoms with Crippen LogP contribution in [0.2, 0.25) is 0 Å². The molecule has 172 valence electrons. The molecule has 0 unspecified atom stereocenters. The van der Waals surface area contributed by atoms with Gasteiger partial charge in [0.05, 0.1) is 23.0 Å². The Kier molecular flexibility index (Phi) is 6.82. The maximum absolute atomic E-state index is 13.3. The number of fused-ring (bicyclic) bond motifs is 1. The van der Waals surface area contributed by atoms with Crippen molar-refractivity contribution in [1.29, 1.82) is 0 Å². The van der Waals surface area contributed by atoms with Crippen molar-refractivity contribution in [2.45, 2.75) is 13.8 Å². The number of hydrazone groups is 1. The van der Waals surface area contributed by atoms with Crippen molar-refractivity contribution in [2.75, 3.05) is 18.0 Å². The maximum atomic E-state index is 13.3. The number of pyridine rings is 1. The SMILES string of the molecule is CCN(CC)c1ccc(/C=N/NC(=O)c2cc(-c3ccc(F)cc3)nc3ccccc23)c(O)c1. The maximum Gasteiger partial charge on any atom is 0.272 e. The van der Waals surface area contributed by atoms with Gasteiger partial charge in [-0.05, 0) is 62.4 Å². The van der Waals surface area contributed by atoms with E-state index in [0.29, 0.717) is 33.3 Å². The Morgan fingerprint density at radius 2 is 1.79 bits per heavy atom. The summed E-state index contributed by atoms with van der Waals surface area (Å²) in [4.78, 5) is 19.7. The number of aromatic hydroxyl groups is 1. The molecule has 0 saturated heterocycles. The molecule has 0 saturated carbocycles. The summed E-state index contributed by atoms with van der Waals surface area (Å²) >= 11 is 0. The molecular weight excluding hydrogens is 431 g/mol. The smallest absolute Gasteiger partial charge is 0.272 e. The highest BCUT2D eigenvalue weighted by atomic mass is 19.1. The van der Waals surface area contributed by atoms with Crippen LogP contribution in [0.25, 0.3) is 22.2 Å². The fraction of sp³-hybridized carbons (Fsp3) is 0.148. The predicted octanol–water partition coefficient (Wildman–Crippen LogP) is 5.36. The Morgan fingerprint density at radius 3 is 2.50 bits per heavy atom. The van der Waals surface area contributed by atoms with E-state index < -0.39 is 5.91 Å². The number of nitrogens with one attached hydrogen (secondary N) is 1. The highest BCUT2D eigenvalue weighted by Gasteiger charge is 2.14. The van der Waals surface area contributed by atoms with Crippen molar-refractivity contribution in [3.8, 4) is 17.0 Å². The van der Waals surface area contributed by atoms with Crippen molar-refractivity contribution in [1.82, 2.24) is 10.4 Å². The number of carbonyl (C=O) groups excluding carboxylic acids is 1. The van der Waals surface area contributed by atoms with Crippen molar-refractivity contribution in [3.05, 3.63) is 89.7 Å². The van der Waals surface area contributed by atoms with Gasteiger partial charge in [0.1, 0.15) is 11.6 Å². The van der Waals surface area contributed by atoms with E-state index in [1.165, 1.54) is 18.3 Å². The lowest BCUT2D eigenvalue weighted by Crippen LogP contribution is -2.21. The van der Waals surface area contributed by atoms with Crippen LogP contribution in [0.4, 0.5) is 10.1 Å². The summed E-state index contributed by atoms with van der Waals surface area (Å²) in [6.45, 7) is 5.77. The van der Waals surface area contributed by atoms with E-state index in [-0.39, 0.29) is 11.6 Å². The third-order valence-corrected chi connectivity index (χ3v) is 5.61. The predicted molar refractivity (Wildman–Crippen MR) is 134 cm³/mol. The first-order chi connectivity index (χ1) is 16.5. The lowest BCUT2D eigenvalue weighted by molar-refractivity contribution is 0.0956. The molecule has 0 aliphatic rings. The zero-order valence-electron chi connectivity index (χ0n) is 19.0. The molecule has 0 atom stereocenters. The van der Waals surface area contributed by atoms with Gasteiger partial charge in [0.2, 0.25) is 0 Å². The quantitative estimate of drug-likeness (QED) is 0.290. The Hall–Kier alpha value is -4.26. The number of hydrogen-bond acceptors (Lipinski definition) is 5. The van der Waals surface area contributed by atoms with Crippen molar-refractivity contribution >= 4 is 28.7 Å². The molecule has 4 rings (SSSR count). The molecule has 34 heavy (non-hydrogen) atoms. The number of rotatable bonds is 7. The molecule has 0 bridgehead atoms. The van der Waals surface area contributed by atoms with E-state index in [0.717, 1.165) is 18.8 Å². The molecule has 0 aliphatic heterocycles. The van der Waals surface area contributed by atoms with Crippen molar-refractivity contribution < 1.29 is 14.3 Å².